The maximum absolute atomic E-state index is 12.6. The van der Waals surface area contributed by atoms with E-state index in [0.29, 0.717) is 24.9 Å². The maximum Gasteiger partial charge on any atom is 0.289 e. The van der Waals surface area contributed by atoms with Crippen molar-refractivity contribution in [2.24, 2.45) is 0 Å². The highest BCUT2D eigenvalue weighted by molar-refractivity contribution is 5.91. The van der Waals surface area contributed by atoms with E-state index in [1.165, 1.54) is 0 Å². The second kappa shape index (κ2) is 6.40. The largest absolute Gasteiger partial charge is 0.456 e. The van der Waals surface area contributed by atoms with E-state index in [9.17, 15) is 4.79 Å². The van der Waals surface area contributed by atoms with Crippen LogP contribution in [0.2, 0.25) is 0 Å². The molecule has 0 fully saturated rings. The molecule has 0 saturated heterocycles. The Balaban J connectivity index is 1.78. The van der Waals surface area contributed by atoms with Gasteiger partial charge in [-0.05, 0) is 39.3 Å². The molecule has 2 aromatic rings. The summed E-state index contributed by atoms with van der Waals surface area (Å²) in [5, 5.41) is 3.37. The number of aromatic nitrogens is 2. The molecule has 1 aliphatic rings. The SMILES string of the molecule is Cc1ccc(C(=O)N2CCc3ncnc(NC(C)C)c3CC2)o1. The summed E-state index contributed by atoms with van der Waals surface area (Å²) in [5.74, 6) is 1.98. The van der Waals surface area contributed by atoms with Gasteiger partial charge in [-0.25, -0.2) is 9.97 Å². The van der Waals surface area contributed by atoms with Gasteiger partial charge in [-0.2, -0.15) is 0 Å². The number of nitrogens with one attached hydrogen (secondary N) is 1. The molecule has 1 amide bonds. The van der Waals surface area contributed by atoms with Crippen molar-refractivity contribution in [2.45, 2.75) is 39.7 Å². The Morgan fingerprint density at radius 3 is 2.74 bits per heavy atom. The minimum atomic E-state index is -0.0581. The summed E-state index contributed by atoms with van der Waals surface area (Å²) in [6, 6.07) is 3.86. The van der Waals surface area contributed by atoms with Gasteiger partial charge in [-0.3, -0.25) is 4.79 Å². The minimum Gasteiger partial charge on any atom is -0.456 e. The minimum absolute atomic E-state index is 0.0581. The summed E-state index contributed by atoms with van der Waals surface area (Å²) < 4.78 is 5.46. The molecular formula is C17H22N4O2. The van der Waals surface area contributed by atoms with Crippen molar-refractivity contribution in [3.8, 4) is 0 Å². The van der Waals surface area contributed by atoms with Gasteiger partial charge in [-0.15, -0.1) is 0 Å². The number of anilines is 1. The maximum atomic E-state index is 12.6. The molecule has 0 saturated carbocycles. The number of rotatable bonds is 3. The molecule has 0 aliphatic carbocycles. The van der Waals surface area contributed by atoms with Gasteiger partial charge in [0.15, 0.2) is 5.76 Å². The van der Waals surface area contributed by atoms with Crippen LogP contribution in [-0.2, 0) is 12.8 Å². The van der Waals surface area contributed by atoms with Gasteiger partial charge < -0.3 is 14.6 Å². The van der Waals surface area contributed by atoms with Crippen LogP contribution in [0, 0.1) is 6.92 Å². The fraction of sp³-hybridized carbons (Fsp3) is 0.471. The standard InChI is InChI=1S/C17H22N4O2/c1-11(2)20-16-13-6-8-21(9-7-14(13)18-10-19-16)17(22)15-5-4-12(3)23-15/h4-5,10-11H,6-9H2,1-3H3,(H,18,19,20). The van der Waals surface area contributed by atoms with E-state index in [0.717, 1.165) is 35.7 Å². The molecule has 2 aromatic heterocycles. The zero-order valence-corrected chi connectivity index (χ0v) is 13.8. The van der Waals surface area contributed by atoms with E-state index in [-0.39, 0.29) is 5.91 Å². The molecule has 3 rings (SSSR count). The topological polar surface area (TPSA) is 71.3 Å². The average molecular weight is 314 g/mol. The summed E-state index contributed by atoms with van der Waals surface area (Å²) in [4.78, 5) is 23.2. The lowest BCUT2D eigenvalue weighted by Crippen LogP contribution is -2.33. The lowest BCUT2D eigenvalue weighted by atomic mass is 10.1. The number of amides is 1. The number of carbonyl (C=O) groups is 1. The highest BCUT2D eigenvalue weighted by Crippen LogP contribution is 2.22. The predicted octanol–water partition coefficient (Wildman–Crippen LogP) is 2.44. The summed E-state index contributed by atoms with van der Waals surface area (Å²) in [6.07, 6.45) is 3.07. The van der Waals surface area contributed by atoms with Gasteiger partial charge in [0.1, 0.15) is 17.9 Å². The van der Waals surface area contributed by atoms with Crippen LogP contribution in [0.4, 0.5) is 5.82 Å². The van der Waals surface area contributed by atoms with Crippen molar-refractivity contribution < 1.29 is 9.21 Å². The number of hydrogen-bond donors (Lipinski definition) is 1. The third kappa shape index (κ3) is 3.36. The molecule has 0 aromatic carbocycles. The van der Waals surface area contributed by atoms with Gasteiger partial charge >= 0.3 is 0 Å². The molecule has 23 heavy (non-hydrogen) atoms. The first-order valence-corrected chi connectivity index (χ1v) is 7.99. The van der Waals surface area contributed by atoms with E-state index < -0.39 is 0 Å². The molecule has 6 heteroatoms. The van der Waals surface area contributed by atoms with Crippen molar-refractivity contribution in [3.63, 3.8) is 0 Å². The first kappa shape index (κ1) is 15.5. The third-order valence-corrected chi connectivity index (χ3v) is 3.95. The Hall–Kier alpha value is -2.37. The van der Waals surface area contributed by atoms with Gasteiger partial charge in [0.25, 0.3) is 5.91 Å². The zero-order valence-electron chi connectivity index (χ0n) is 13.8. The molecular weight excluding hydrogens is 292 g/mol. The smallest absolute Gasteiger partial charge is 0.289 e. The van der Waals surface area contributed by atoms with Crippen molar-refractivity contribution in [1.82, 2.24) is 14.9 Å². The summed E-state index contributed by atoms with van der Waals surface area (Å²) in [6.45, 7) is 7.30. The molecule has 0 atom stereocenters. The highest BCUT2D eigenvalue weighted by Gasteiger charge is 2.24. The van der Waals surface area contributed by atoms with Gasteiger partial charge in [0.2, 0.25) is 0 Å². The number of nitrogens with zero attached hydrogens (tertiary/aromatic N) is 3. The van der Waals surface area contributed by atoms with E-state index >= 15 is 0 Å². The monoisotopic (exact) mass is 314 g/mol. The lowest BCUT2D eigenvalue weighted by molar-refractivity contribution is 0.0729. The Kier molecular flexibility index (Phi) is 4.32. The molecule has 6 nitrogen and oxygen atoms in total. The van der Waals surface area contributed by atoms with Crippen molar-refractivity contribution in [2.75, 3.05) is 18.4 Å². The molecule has 0 bridgehead atoms. The Labute approximate surface area is 135 Å². The predicted molar refractivity (Wildman–Crippen MR) is 87.5 cm³/mol. The Morgan fingerprint density at radius 1 is 1.26 bits per heavy atom. The van der Waals surface area contributed by atoms with Crippen LogP contribution in [0.25, 0.3) is 0 Å². The van der Waals surface area contributed by atoms with Gasteiger partial charge in [0.05, 0.1) is 5.69 Å². The number of aryl methyl sites for hydroxylation is 1. The van der Waals surface area contributed by atoms with Crippen LogP contribution in [0.3, 0.4) is 0 Å². The molecule has 122 valence electrons. The molecule has 0 spiro atoms. The van der Waals surface area contributed by atoms with Crippen LogP contribution < -0.4 is 5.32 Å². The van der Waals surface area contributed by atoms with Crippen LogP contribution in [-0.4, -0.2) is 39.9 Å². The first-order chi connectivity index (χ1) is 11.0. The first-order valence-electron chi connectivity index (χ1n) is 7.99. The van der Waals surface area contributed by atoms with Crippen molar-refractivity contribution in [1.29, 1.82) is 0 Å². The Bertz CT molecular complexity index is 708. The Morgan fingerprint density at radius 2 is 2.04 bits per heavy atom. The normalized spacial score (nSPS) is 14.5. The number of hydrogen-bond acceptors (Lipinski definition) is 5. The summed E-state index contributed by atoms with van der Waals surface area (Å²) >= 11 is 0. The summed E-state index contributed by atoms with van der Waals surface area (Å²) in [5.41, 5.74) is 2.14. The molecule has 3 heterocycles. The molecule has 1 N–H and O–H groups in total. The van der Waals surface area contributed by atoms with E-state index in [4.69, 9.17) is 4.42 Å². The van der Waals surface area contributed by atoms with E-state index in [1.54, 1.807) is 12.4 Å². The lowest BCUT2D eigenvalue weighted by Gasteiger charge is -2.18. The second-order valence-corrected chi connectivity index (χ2v) is 6.15. The third-order valence-electron chi connectivity index (χ3n) is 3.95. The molecule has 0 unspecified atom stereocenters. The van der Waals surface area contributed by atoms with Crippen LogP contribution in [0.1, 0.15) is 41.4 Å². The number of carbonyl (C=O) groups excluding carboxylic acids is 1. The number of fused-ring (bicyclic) bond motifs is 1. The van der Waals surface area contributed by atoms with Crippen LogP contribution >= 0.6 is 0 Å². The van der Waals surface area contributed by atoms with E-state index in [1.807, 2.05) is 17.9 Å². The highest BCUT2D eigenvalue weighted by atomic mass is 16.3. The molecule has 0 radical (unpaired) electrons. The molecule has 1 aliphatic heterocycles. The average Bonchev–Trinajstić information content (AvgIpc) is 2.82. The quantitative estimate of drug-likeness (QED) is 0.942. The zero-order chi connectivity index (χ0) is 16.4. The van der Waals surface area contributed by atoms with E-state index in [2.05, 4.69) is 29.1 Å². The fourth-order valence-electron chi connectivity index (χ4n) is 2.83. The number of furan rings is 1. The van der Waals surface area contributed by atoms with Crippen molar-refractivity contribution >= 4 is 11.7 Å². The van der Waals surface area contributed by atoms with Crippen LogP contribution in [0.15, 0.2) is 22.9 Å². The van der Waals surface area contributed by atoms with Gasteiger partial charge in [-0.1, -0.05) is 0 Å². The second-order valence-electron chi connectivity index (χ2n) is 6.15. The van der Waals surface area contributed by atoms with Gasteiger partial charge in [0, 0.05) is 31.1 Å². The van der Waals surface area contributed by atoms with Crippen molar-refractivity contribution in [3.05, 3.63) is 41.2 Å². The summed E-state index contributed by atoms with van der Waals surface area (Å²) in [7, 11) is 0. The van der Waals surface area contributed by atoms with Crippen LogP contribution in [0.5, 0.6) is 0 Å². The fourth-order valence-corrected chi connectivity index (χ4v) is 2.83.